The Morgan fingerprint density at radius 1 is 1.30 bits per heavy atom. The third-order valence-electron chi connectivity index (χ3n) is 3.11. The molecule has 2 nitrogen and oxygen atoms in total. The largest absolute Gasteiger partial charge is 0.292 e. The van der Waals surface area contributed by atoms with Gasteiger partial charge in [0.2, 0.25) is 0 Å². The second-order valence-corrected chi connectivity index (χ2v) is 5.72. The molecular formula is C16H11BrClNO. The zero-order valence-electron chi connectivity index (χ0n) is 10.7. The highest BCUT2D eigenvalue weighted by Crippen LogP contribution is 2.27. The summed E-state index contributed by atoms with van der Waals surface area (Å²) in [6.45, 7) is 1.78. The van der Waals surface area contributed by atoms with Crippen LogP contribution in [0.1, 0.15) is 27.4 Å². The quantitative estimate of drug-likeness (QED) is 0.740. The number of ketones is 1. The van der Waals surface area contributed by atoms with Gasteiger partial charge in [0, 0.05) is 15.1 Å². The lowest BCUT2D eigenvalue weighted by molar-refractivity contribution is 0.0978. The zero-order valence-corrected chi connectivity index (χ0v) is 13.1. The standard InChI is InChI=1S/C16H11BrClNO/c1-10-13(6-3-7-15(10)18)16(20)14(9-19)11-4-2-5-12(17)8-11/h2-8,14H,1H3. The lowest BCUT2D eigenvalue weighted by atomic mass is 9.90. The molecule has 0 saturated heterocycles. The zero-order chi connectivity index (χ0) is 14.7. The van der Waals surface area contributed by atoms with Gasteiger partial charge >= 0.3 is 0 Å². The van der Waals surface area contributed by atoms with Crippen molar-refractivity contribution in [1.29, 1.82) is 5.26 Å². The fraction of sp³-hybridized carbons (Fsp3) is 0.125. The number of carbonyl (C=O) groups excluding carboxylic acids is 1. The van der Waals surface area contributed by atoms with Gasteiger partial charge in [0.1, 0.15) is 5.92 Å². The Balaban J connectivity index is 2.45. The van der Waals surface area contributed by atoms with Crippen molar-refractivity contribution in [2.24, 2.45) is 0 Å². The first-order chi connectivity index (χ1) is 9.54. The van der Waals surface area contributed by atoms with Gasteiger partial charge in [0.25, 0.3) is 0 Å². The Hall–Kier alpha value is -1.63. The minimum absolute atomic E-state index is 0.231. The maximum absolute atomic E-state index is 12.6. The number of nitriles is 1. The van der Waals surface area contributed by atoms with Crippen LogP contribution in [0.3, 0.4) is 0 Å². The van der Waals surface area contributed by atoms with Crippen molar-refractivity contribution < 1.29 is 4.79 Å². The smallest absolute Gasteiger partial charge is 0.184 e. The van der Waals surface area contributed by atoms with E-state index in [2.05, 4.69) is 22.0 Å². The van der Waals surface area contributed by atoms with E-state index in [1.807, 2.05) is 12.1 Å². The molecule has 1 atom stereocenters. The summed E-state index contributed by atoms with van der Waals surface area (Å²) in [6, 6.07) is 14.4. The fourth-order valence-corrected chi connectivity index (χ4v) is 2.59. The molecule has 20 heavy (non-hydrogen) atoms. The number of hydrogen-bond acceptors (Lipinski definition) is 2. The summed E-state index contributed by atoms with van der Waals surface area (Å²) in [7, 11) is 0. The second-order valence-electron chi connectivity index (χ2n) is 4.39. The molecule has 4 heteroatoms. The van der Waals surface area contributed by atoms with E-state index in [1.54, 1.807) is 37.3 Å². The van der Waals surface area contributed by atoms with E-state index in [-0.39, 0.29) is 5.78 Å². The summed E-state index contributed by atoms with van der Waals surface area (Å²) in [4.78, 5) is 12.6. The molecule has 2 aromatic carbocycles. The topological polar surface area (TPSA) is 40.9 Å². The maximum atomic E-state index is 12.6. The Bertz CT molecular complexity index is 706. The van der Waals surface area contributed by atoms with Crippen molar-refractivity contribution in [1.82, 2.24) is 0 Å². The van der Waals surface area contributed by atoms with E-state index in [9.17, 15) is 10.1 Å². The average Bonchev–Trinajstić information content (AvgIpc) is 2.42. The Morgan fingerprint density at radius 3 is 2.65 bits per heavy atom. The molecule has 0 amide bonds. The van der Waals surface area contributed by atoms with E-state index in [0.717, 1.165) is 4.47 Å². The first-order valence-corrected chi connectivity index (χ1v) is 7.16. The van der Waals surface area contributed by atoms with Crippen molar-refractivity contribution >= 4 is 33.3 Å². The molecule has 0 aromatic heterocycles. The minimum atomic E-state index is -0.829. The number of rotatable bonds is 3. The van der Waals surface area contributed by atoms with Crippen LogP contribution in [-0.2, 0) is 0 Å². The summed E-state index contributed by atoms with van der Waals surface area (Å²) in [6.07, 6.45) is 0. The van der Waals surface area contributed by atoms with Crippen LogP contribution >= 0.6 is 27.5 Å². The van der Waals surface area contributed by atoms with Crippen LogP contribution in [0.5, 0.6) is 0 Å². The van der Waals surface area contributed by atoms with Gasteiger partial charge in [-0.1, -0.05) is 51.8 Å². The van der Waals surface area contributed by atoms with Crippen molar-refractivity contribution in [3.05, 3.63) is 68.7 Å². The van der Waals surface area contributed by atoms with Crippen LogP contribution in [0.4, 0.5) is 0 Å². The number of nitrogens with zero attached hydrogens (tertiary/aromatic N) is 1. The molecular weight excluding hydrogens is 338 g/mol. The molecule has 0 aliphatic rings. The molecule has 0 heterocycles. The lowest BCUT2D eigenvalue weighted by Gasteiger charge is -2.11. The second kappa shape index (κ2) is 6.21. The minimum Gasteiger partial charge on any atom is -0.292 e. The summed E-state index contributed by atoms with van der Waals surface area (Å²) in [5.41, 5.74) is 1.87. The van der Waals surface area contributed by atoms with E-state index < -0.39 is 5.92 Å². The molecule has 0 saturated carbocycles. The Morgan fingerprint density at radius 2 is 2.00 bits per heavy atom. The van der Waals surface area contributed by atoms with E-state index in [0.29, 0.717) is 21.7 Å². The molecule has 0 fully saturated rings. The third-order valence-corrected chi connectivity index (χ3v) is 4.01. The molecule has 0 aliphatic carbocycles. The predicted octanol–water partition coefficient (Wildman–Crippen LogP) is 4.90. The number of benzene rings is 2. The molecule has 100 valence electrons. The van der Waals surface area contributed by atoms with Crippen LogP contribution in [0.2, 0.25) is 5.02 Å². The molecule has 0 aliphatic heterocycles. The van der Waals surface area contributed by atoms with Gasteiger partial charge in [0.15, 0.2) is 5.78 Å². The normalized spacial score (nSPS) is 11.7. The maximum Gasteiger partial charge on any atom is 0.184 e. The molecule has 0 spiro atoms. The number of Topliss-reactive ketones (excluding diaryl/α,β-unsaturated/α-hetero) is 1. The third kappa shape index (κ3) is 2.92. The summed E-state index contributed by atoms with van der Waals surface area (Å²) in [5, 5.41) is 9.87. The fourth-order valence-electron chi connectivity index (χ4n) is 2.00. The highest BCUT2D eigenvalue weighted by molar-refractivity contribution is 9.10. The number of carbonyl (C=O) groups is 1. The van der Waals surface area contributed by atoms with Crippen LogP contribution in [0.15, 0.2) is 46.9 Å². The SMILES string of the molecule is Cc1c(Cl)cccc1C(=O)C(C#N)c1cccc(Br)c1. The van der Waals surface area contributed by atoms with E-state index >= 15 is 0 Å². The molecule has 0 radical (unpaired) electrons. The van der Waals surface area contributed by atoms with Crippen molar-refractivity contribution in [3.8, 4) is 6.07 Å². The van der Waals surface area contributed by atoms with Gasteiger partial charge in [0.05, 0.1) is 6.07 Å². The average molecular weight is 349 g/mol. The van der Waals surface area contributed by atoms with Gasteiger partial charge in [-0.25, -0.2) is 0 Å². The molecule has 2 aromatic rings. The van der Waals surface area contributed by atoms with Crippen LogP contribution in [-0.4, -0.2) is 5.78 Å². The van der Waals surface area contributed by atoms with E-state index in [1.165, 1.54) is 0 Å². The molecule has 0 bridgehead atoms. The monoisotopic (exact) mass is 347 g/mol. The van der Waals surface area contributed by atoms with Gasteiger partial charge in [-0.2, -0.15) is 5.26 Å². The van der Waals surface area contributed by atoms with Crippen LogP contribution in [0, 0.1) is 18.3 Å². The highest BCUT2D eigenvalue weighted by Gasteiger charge is 2.23. The first kappa shape index (κ1) is 14.8. The van der Waals surface area contributed by atoms with Crippen molar-refractivity contribution in [2.75, 3.05) is 0 Å². The summed E-state index contributed by atoms with van der Waals surface area (Å²) in [5.74, 6) is -1.06. The summed E-state index contributed by atoms with van der Waals surface area (Å²) >= 11 is 9.38. The van der Waals surface area contributed by atoms with Crippen LogP contribution in [0.25, 0.3) is 0 Å². The number of halogens is 2. The lowest BCUT2D eigenvalue weighted by Crippen LogP contribution is -2.12. The molecule has 1 unspecified atom stereocenters. The van der Waals surface area contributed by atoms with Crippen LogP contribution < -0.4 is 0 Å². The van der Waals surface area contributed by atoms with Gasteiger partial charge in [-0.05, 0) is 36.2 Å². The number of hydrogen-bond donors (Lipinski definition) is 0. The summed E-state index contributed by atoms with van der Waals surface area (Å²) < 4.78 is 0.839. The highest BCUT2D eigenvalue weighted by atomic mass is 79.9. The van der Waals surface area contributed by atoms with E-state index in [4.69, 9.17) is 11.6 Å². The van der Waals surface area contributed by atoms with Gasteiger partial charge in [-0.15, -0.1) is 0 Å². The Kier molecular flexibility index (Phi) is 4.59. The van der Waals surface area contributed by atoms with Crippen molar-refractivity contribution in [3.63, 3.8) is 0 Å². The first-order valence-electron chi connectivity index (χ1n) is 5.99. The van der Waals surface area contributed by atoms with Gasteiger partial charge in [-0.3, -0.25) is 4.79 Å². The molecule has 2 rings (SSSR count). The predicted molar refractivity (Wildman–Crippen MR) is 83.0 cm³/mol. The van der Waals surface area contributed by atoms with Crippen molar-refractivity contribution in [2.45, 2.75) is 12.8 Å². The van der Waals surface area contributed by atoms with Gasteiger partial charge < -0.3 is 0 Å². The Labute approximate surface area is 131 Å². The molecule has 0 N–H and O–H groups in total.